The average Bonchev–Trinajstić information content (AvgIpc) is 2.98. The van der Waals surface area contributed by atoms with Crippen LogP contribution in [-0.2, 0) is 9.47 Å². The van der Waals surface area contributed by atoms with E-state index in [1.54, 1.807) is 30.3 Å². The third-order valence-corrected chi connectivity index (χ3v) is 7.52. The minimum atomic E-state index is -0.985. The predicted molar refractivity (Wildman–Crippen MR) is 154 cm³/mol. The Kier molecular flexibility index (Phi) is 11.5. The number of rotatable bonds is 14. The molecule has 0 bridgehead atoms. The molecule has 0 spiro atoms. The highest BCUT2D eigenvalue weighted by Crippen LogP contribution is 2.34. The summed E-state index contributed by atoms with van der Waals surface area (Å²) in [6, 6.07) is 14.9. The van der Waals surface area contributed by atoms with E-state index in [-0.39, 0.29) is 11.3 Å². The minimum Gasteiger partial charge on any atom is -0.490 e. The molecule has 1 fully saturated rings. The molecule has 0 aromatic heterocycles. The summed E-state index contributed by atoms with van der Waals surface area (Å²) in [6.45, 7) is 5.78. The van der Waals surface area contributed by atoms with Crippen LogP contribution >= 0.6 is 0 Å². The van der Waals surface area contributed by atoms with Gasteiger partial charge in [0.25, 0.3) is 0 Å². The number of unbranched alkanes of at least 4 members (excludes halogenated alkanes) is 6. The van der Waals surface area contributed by atoms with E-state index >= 15 is 4.39 Å². The highest BCUT2D eigenvalue weighted by Gasteiger charge is 2.26. The van der Waals surface area contributed by atoms with Crippen LogP contribution in [0.4, 0.5) is 13.2 Å². The lowest BCUT2D eigenvalue weighted by molar-refractivity contribution is -0.207. The summed E-state index contributed by atoms with van der Waals surface area (Å²) in [6.07, 6.45) is 9.34. The molecule has 0 amide bonds. The highest BCUT2D eigenvalue weighted by molar-refractivity contribution is 5.71. The first kappa shape index (κ1) is 30.1. The molecule has 4 rings (SSSR count). The van der Waals surface area contributed by atoms with Crippen LogP contribution in [0.5, 0.6) is 5.75 Å². The van der Waals surface area contributed by atoms with Crippen LogP contribution in [0.3, 0.4) is 0 Å². The molecule has 1 aliphatic heterocycles. The Balaban J connectivity index is 1.35. The monoisotopic (exact) mass is 554 g/mol. The van der Waals surface area contributed by atoms with Crippen molar-refractivity contribution in [2.24, 2.45) is 5.92 Å². The van der Waals surface area contributed by atoms with E-state index in [0.29, 0.717) is 42.4 Å². The van der Waals surface area contributed by atoms with Crippen molar-refractivity contribution in [1.29, 1.82) is 0 Å². The van der Waals surface area contributed by atoms with Crippen LogP contribution < -0.4 is 4.74 Å². The molecule has 40 heavy (non-hydrogen) atoms. The first-order chi connectivity index (χ1) is 19.5. The van der Waals surface area contributed by atoms with Gasteiger partial charge in [0.2, 0.25) is 5.82 Å². The number of halogens is 3. The van der Waals surface area contributed by atoms with Gasteiger partial charge in [-0.15, -0.1) is 0 Å². The summed E-state index contributed by atoms with van der Waals surface area (Å²) < 4.78 is 61.7. The fourth-order valence-corrected chi connectivity index (χ4v) is 5.07. The summed E-state index contributed by atoms with van der Waals surface area (Å²) in [5.74, 6) is -2.05. The topological polar surface area (TPSA) is 27.7 Å². The van der Waals surface area contributed by atoms with Crippen LogP contribution in [0.2, 0.25) is 0 Å². The van der Waals surface area contributed by atoms with Gasteiger partial charge in [-0.2, -0.15) is 4.39 Å². The fourth-order valence-electron chi connectivity index (χ4n) is 5.07. The molecule has 216 valence electrons. The number of ether oxygens (including phenoxy) is 3. The van der Waals surface area contributed by atoms with E-state index in [1.807, 2.05) is 6.07 Å². The van der Waals surface area contributed by atoms with Gasteiger partial charge >= 0.3 is 0 Å². The molecule has 6 heteroatoms. The molecule has 0 N–H and O–H groups in total. The van der Waals surface area contributed by atoms with E-state index in [9.17, 15) is 8.78 Å². The molecule has 0 aliphatic carbocycles. The smallest absolute Gasteiger partial charge is 0.201 e. The van der Waals surface area contributed by atoms with Gasteiger partial charge < -0.3 is 14.2 Å². The van der Waals surface area contributed by atoms with Crippen molar-refractivity contribution in [3.05, 3.63) is 77.6 Å². The van der Waals surface area contributed by atoms with Gasteiger partial charge in [0.15, 0.2) is 17.9 Å². The lowest BCUT2D eigenvalue weighted by Gasteiger charge is -2.30. The lowest BCUT2D eigenvalue weighted by atomic mass is 9.98. The van der Waals surface area contributed by atoms with Crippen LogP contribution in [0.15, 0.2) is 54.6 Å². The van der Waals surface area contributed by atoms with Gasteiger partial charge in [-0.3, -0.25) is 0 Å². The van der Waals surface area contributed by atoms with Gasteiger partial charge in [-0.25, -0.2) is 8.78 Å². The number of benzene rings is 3. The second kappa shape index (κ2) is 15.2. The summed E-state index contributed by atoms with van der Waals surface area (Å²) in [7, 11) is 0. The van der Waals surface area contributed by atoms with E-state index in [2.05, 4.69) is 13.8 Å². The number of hydrogen-bond donors (Lipinski definition) is 0. The van der Waals surface area contributed by atoms with E-state index in [4.69, 9.17) is 14.2 Å². The zero-order valence-corrected chi connectivity index (χ0v) is 23.7. The predicted octanol–water partition coefficient (Wildman–Crippen LogP) is 10.0. The Morgan fingerprint density at radius 2 is 1.35 bits per heavy atom. The Bertz CT molecular complexity index is 1200. The van der Waals surface area contributed by atoms with Crippen molar-refractivity contribution in [2.75, 3.05) is 19.8 Å². The first-order valence-electron chi connectivity index (χ1n) is 14.8. The molecule has 1 saturated heterocycles. The van der Waals surface area contributed by atoms with Crippen LogP contribution in [0.25, 0.3) is 22.3 Å². The SMILES string of the molecule is CCCCCCCC1COC(c2ccc(-c3ccc(-c4ccc(OCCCCC)c(F)c4F)cc3)cc2F)OC1. The van der Waals surface area contributed by atoms with Crippen molar-refractivity contribution in [3.8, 4) is 28.0 Å². The second-order valence-corrected chi connectivity index (χ2v) is 10.7. The average molecular weight is 555 g/mol. The Labute approximate surface area is 236 Å². The summed E-state index contributed by atoms with van der Waals surface area (Å²) in [4.78, 5) is 0. The van der Waals surface area contributed by atoms with Gasteiger partial charge in [0.05, 0.1) is 19.8 Å². The molecule has 0 saturated carbocycles. The lowest BCUT2D eigenvalue weighted by Crippen LogP contribution is -2.27. The summed E-state index contributed by atoms with van der Waals surface area (Å²) >= 11 is 0. The van der Waals surface area contributed by atoms with Crippen molar-refractivity contribution in [1.82, 2.24) is 0 Å². The van der Waals surface area contributed by atoms with Crippen LogP contribution in [-0.4, -0.2) is 19.8 Å². The molecular formula is C34H41F3O3. The third kappa shape index (κ3) is 7.88. The molecule has 1 heterocycles. The van der Waals surface area contributed by atoms with E-state index < -0.39 is 23.7 Å². The largest absolute Gasteiger partial charge is 0.490 e. The molecular weight excluding hydrogens is 513 g/mol. The van der Waals surface area contributed by atoms with E-state index in [1.165, 1.54) is 50.3 Å². The van der Waals surface area contributed by atoms with Gasteiger partial charge in [-0.1, -0.05) is 95.2 Å². The zero-order chi connectivity index (χ0) is 28.3. The third-order valence-electron chi connectivity index (χ3n) is 7.52. The van der Waals surface area contributed by atoms with Crippen molar-refractivity contribution >= 4 is 0 Å². The second-order valence-electron chi connectivity index (χ2n) is 10.7. The van der Waals surface area contributed by atoms with Crippen molar-refractivity contribution in [2.45, 2.75) is 77.9 Å². The van der Waals surface area contributed by atoms with Crippen molar-refractivity contribution < 1.29 is 27.4 Å². The van der Waals surface area contributed by atoms with Gasteiger partial charge in [0.1, 0.15) is 5.82 Å². The maximum Gasteiger partial charge on any atom is 0.201 e. The molecule has 1 aliphatic rings. The molecule has 0 radical (unpaired) electrons. The Hall–Kier alpha value is -2.83. The Morgan fingerprint density at radius 3 is 2.05 bits per heavy atom. The van der Waals surface area contributed by atoms with E-state index in [0.717, 1.165) is 31.2 Å². The maximum atomic E-state index is 15.1. The first-order valence-corrected chi connectivity index (χ1v) is 14.8. The highest BCUT2D eigenvalue weighted by atomic mass is 19.2. The number of hydrogen-bond acceptors (Lipinski definition) is 3. The minimum absolute atomic E-state index is 0.0756. The fraction of sp³-hybridized carbons (Fsp3) is 0.471. The summed E-state index contributed by atoms with van der Waals surface area (Å²) in [5.41, 5.74) is 2.50. The van der Waals surface area contributed by atoms with Gasteiger partial charge in [0, 0.05) is 17.0 Å². The summed E-state index contributed by atoms with van der Waals surface area (Å²) in [5, 5.41) is 0. The molecule has 3 nitrogen and oxygen atoms in total. The molecule has 3 aromatic rings. The van der Waals surface area contributed by atoms with Gasteiger partial charge in [-0.05, 0) is 47.7 Å². The zero-order valence-electron chi connectivity index (χ0n) is 23.7. The quantitative estimate of drug-likeness (QED) is 0.186. The Morgan fingerprint density at radius 1 is 0.700 bits per heavy atom. The van der Waals surface area contributed by atoms with Crippen molar-refractivity contribution in [3.63, 3.8) is 0 Å². The molecule has 0 unspecified atom stereocenters. The van der Waals surface area contributed by atoms with Crippen LogP contribution in [0, 0.1) is 23.4 Å². The maximum absolute atomic E-state index is 15.1. The van der Waals surface area contributed by atoms with Crippen LogP contribution in [0.1, 0.15) is 83.5 Å². The standard InChI is InChI=1S/C34H41F3O3/c1-3-5-7-8-9-11-24-22-39-34(40-23-24)29-17-16-27(21-30(29)35)25-12-14-26(15-13-25)28-18-19-31(33(37)32(28)36)38-20-10-6-4-2/h12-19,21,24,34H,3-11,20,22-23H2,1-2H3. The normalized spacial score (nSPS) is 17.2. The molecule has 3 aromatic carbocycles. The molecule has 0 atom stereocenters.